The van der Waals surface area contributed by atoms with Gasteiger partial charge in [0, 0.05) is 33.2 Å². The largest absolute Gasteiger partial charge is 0.455 e. The van der Waals surface area contributed by atoms with Gasteiger partial charge >= 0.3 is 0 Å². The van der Waals surface area contributed by atoms with Gasteiger partial charge in [0.2, 0.25) is 0 Å². The molecule has 12 aromatic rings. The minimum atomic E-state index is -0.542. The van der Waals surface area contributed by atoms with E-state index in [0.717, 1.165) is 33.1 Å². The first-order valence-electron chi connectivity index (χ1n) is 24.6. The van der Waals surface area contributed by atoms with E-state index in [0.29, 0.717) is 0 Å². The number of rotatable bonds is 7. The van der Waals surface area contributed by atoms with Crippen molar-refractivity contribution >= 4 is 32.7 Å². The van der Waals surface area contributed by atoms with Crippen LogP contribution in [0, 0.1) is 0 Å². The fourth-order valence-electron chi connectivity index (χ4n) is 12.8. The minimum absolute atomic E-state index is 0.137. The average Bonchev–Trinajstić information content (AvgIpc) is 4.02. The average molecular weight is 893 g/mol. The van der Waals surface area contributed by atoms with Crippen molar-refractivity contribution in [3.05, 3.63) is 299 Å². The van der Waals surface area contributed by atoms with Crippen LogP contribution < -0.4 is 0 Å². The Labute approximate surface area is 409 Å². The monoisotopic (exact) mass is 892 g/mol. The van der Waals surface area contributed by atoms with E-state index in [1.54, 1.807) is 0 Å². The van der Waals surface area contributed by atoms with E-state index in [1.165, 1.54) is 94.2 Å². The van der Waals surface area contributed by atoms with Gasteiger partial charge in [0.05, 0.1) is 5.41 Å². The second-order valence-electron chi connectivity index (χ2n) is 19.8. The molecule has 1 nitrogen and oxygen atoms in total. The molecule has 0 amide bonds. The number of benzene rings is 11. The third kappa shape index (κ3) is 5.79. The third-order valence-corrected chi connectivity index (χ3v) is 15.9. The second kappa shape index (κ2) is 15.5. The molecule has 1 atom stereocenters. The summed E-state index contributed by atoms with van der Waals surface area (Å²) in [7, 11) is 0. The van der Waals surface area contributed by atoms with E-state index in [9.17, 15) is 0 Å². The van der Waals surface area contributed by atoms with Gasteiger partial charge < -0.3 is 4.42 Å². The summed E-state index contributed by atoms with van der Waals surface area (Å²) < 4.78 is 7.60. The van der Waals surface area contributed by atoms with Crippen molar-refractivity contribution in [3.8, 4) is 44.5 Å². The molecule has 70 heavy (non-hydrogen) atoms. The molecule has 330 valence electrons. The van der Waals surface area contributed by atoms with Crippen LogP contribution in [0.5, 0.6) is 0 Å². The van der Waals surface area contributed by atoms with Gasteiger partial charge in [-0.25, -0.2) is 0 Å². The molecular formula is C69H48O. The van der Waals surface area contributed by atoms with Crippen molar-refractivity contribution in [2.45, 2.75) is 30.6 Å². The highest BCUT2D eigenvalue weighted by molar-refractivity contribution is 6.19. The Morgan fingerprint density at radius 1 is 0.343 bits per heavy atom. The first-order valence-corrected chi connectivity index (χ1v) is 24.6. The maximum atomic E-state index is 7.60. The topological polar surface area (TPSA) is 13.1 Å². The summed E-state index contributed by atoms with van der Waals surface area (Å²) in [5.74, 6) is -0.198. The minimum Gasteiger partial charge on any atom is -0.455 e. The molecule has 14 rings (SSSR count). The van der Waals surface area contributed by atoms with Crippen LogP contribution in [0.25, 0.3) is 77.2 Å². The van der Waals surface area contributed by atoms with Crippen LogP contribution in [0.3, 0.4) is 0 Å². The quantitative estimate of drug-likeness (QED) is 0.145. The Hall–Kier alpha value is -8.52. The van der Waals surface area contributed by atoms with Crippen molar-refractivity contribution < 1.29 is 4.42 Å². The summed E-state index contributed by atoms with van der Waals surface area (Å²) >= 11 is 0. The van der Waals surface area contributed by atoms with E-state index in [-0.39, 0.29) is 11.3 Å². The van der Waals surface area contributed by atoms with Crippen LogP contribution in [0.15, 0.2) is 253 Å². The Balaban J connectivity index is 1.05. The van der Waals surface area contributed by atoms with E-state index in [1.807, 2.05) is 0 Å². The number of para-hydroxylation sites is 1. The standard InChI is InChI=1S/C69H48O/c1-68(2)60-35-18-16-30-52(60)54-39-38-47(42-62(54)68)65-51-29-13-12-23-45(51)41-59-57-33-20-34-58(66(57)70-67(59)65)64(56-32-15-14-28-50(56)44-21-6-3-7-22-44)46-37-40-55-53-31-17-19-36-61(53)69(63(55)43-46,48-24-8-4-9-25-48)49-26-10-5-11-27-49/h3-43,64H,1-2H3. The zero-order valence-electron chi connectivity index (χ0n) is 39.2. The van der Waals surface area contributed by atoms with Gasteiger partial charge in [-0.2, -0.15) is 0 Å². The lowest BCUT2D eigenvalue weighted by molar-refractivity contribution is 0.659. The van der Waals surface area contributed by atoms with Gasteiger partial charge in [-0.3, -0.25) is 0 Å². The lowest BCUT2D eigenvalue weighted by Gasteiger charge is -2.34. The first-order chi connectivity index (χ1) is 34.5. The molecule has 0 saturated carbocycles. The third-order valence-electron chi connectivity index (χ3n) is 15.9. The molecule has 1 aromatic heterocycles. The fourth-order valence-corrected chi connectivity index (χ4v) is 12.8. The maximum absolute atomic E-state index is 7.60. The lowest BCUT2D eigenvalue weighted by atomic mass is 9.67. The molecule has 11 aromatic carbocycles. The Morgan fingerprint density at radius 2 is 0.900 bits per heavy atom. The normalized spacial score (nSPS) is 14.3. The SMILES string of the molecule is CC1(C)c2ccccc2-c2ccc(-c3c4ccccc4cc4c3oc3c(C(c5ccc6c(c5)C(c5ccccc5)(c5ccccc5)c5ccccc5-6)c5ccccc5-c5ccccc5)cccc34)cc21. The van der Waals surface area contributed by atoms with Crippen LogP contribution in [-0.4, -0.2) is 0 Å². The van der Waals surface area contributed by atoms with Gasteiger partial charge in [-0.05, 0) is 106 Å². The molecule has 1 heteroatoms. The summed E-state index contributed by atoms with van der Waals surface area (Å²) in [4.78, 5) is 0. The van der Waals surface area contributed by atoms with Crippen molar-refractivity contribution in [2.24, 2.45) is 0 Å². The number of fused-ring (bicyclic) bond motifs is 10. The summed E-state index contributed by atoms with van der Waals surface area (Å²) in [6.07, 6.45) is 0. The van der Waals surface area contributed by atoms with Crippen molar-refractivity contribution in [1.82, 2.24) is 0 Å². The lowest BCUT2D eigenvalue weighted by Crippen LogP contribution is -2.28. The van der Waals surface area contributed by atoms with E-state index in [4.69, 9.17) is 4.42 Å². The van der Waals surface area contributed by atoms with Crippen LogP contribution in [0.1, 0.15) is 69.8 Å². The smallest absolute Gasteiger partial charge is 0.143 e. The summed E-state index contributed by atoms with van der Waals surface area (Å²) in [6.45, 7) is 4.73. The van der Waals surface area contributed by atoms with Gasteiger partial charge in [-0.15, -0.1) is 0 Å². The Kier molecular flexibility index (Phi) is 8.98. The van der Waals surface area contributed by atoms with E-state index >= 15 is 0 Å². The predicted molar refractivity (Wildman–Crippen MR) is 291 cm³/mol. The maximum Gasteiger partial charge on any atom is 0.143 e. The molecule has 1 unspecified atom stereocenters. The van der Waals surface area contributed by atoms with Gasteiger partial charge in [0.1, 0.15) is 11.2 Å². The van der Waals surface area contributed by atoms with E-state index < -0.39 is 5.41 Å². The Morgan fingerprint density at radius 3 is 1.66 bits per heavy atom. The second-order valence-corrected chi connectivity index (χ2v) is 19.8. The molecule has 1 heterocycles. The molecule has 0 fully saturated rings. The highest BCUT2D eigenvalue weighted by atomic mass is 16.3. The van der Waals surface area contributed by atoms with Crippen LogP contribution in [-0.2, 0) is 10.8 Å². The molecule has 2 aliphatic carbocycles. The van der Waals surface area contributed by atoms with Gasteiger partial charge in [-0.1, -0.05) is 250 Å². The number of hydrogen-bond acceptors (Lipinski definition) is 1. The van der Waals surface area contributed by atoms with E-state index in [2.05, 4.69) is 263 Å². The molecule has 0 bridgehead atoms. The van der Waals surface area contributed by atoms with Crippen LogP contribution >= 0.6 is 0 Å². The highest BCUT2D eigenvalue weighted by Crippen LogP contribution is 2.58. The van der Waals surface area contributed by atoms with Crippen molar-refractivity contribution in [2.75, 3.05) is 0 Å². The number of hydrogen-bond donors (Lipinski definition) is 0. The fraction of sp³-hybridized carbons (Fsp3) is 0.0725. The molecule has 2 aliphatic rings. The predicted octanol–water partition coefficient (Wildman–Crippen LogP) is 17.9. The Bertz CT molecular complexity index is 3980. The first kappa shape index (κ1) is 40.5. The van der Waals surface area contributed by atoms with Crippen LogP contribution in [0.4, 0.5) is 0 Å². The molecule has 0 aliphatic heterocycles. The molecular weight excluding hydrogens is 845 g/mol. The summed E-state index contributed by atoms with van der Waals surface area (Å²) in [6, 6.07) is 92.5. The molecule has 0 spiro atoms. The molecule has 0 radical (unpaired) electrons. The van der Waals surface area contributed by atoms with Crippen molar-refractivity contribution in [1.29, 1.82) is 0 Å². The van der Waals surface area contributed by atoms with Crippen molar-refractivity contribution in [3.63, 3.8) is 0 Å². The van der Waals surface area contributed by atoms with Gasteiger partial charge in [0.25, 0.3) is 0 Å². The van der Waals surface area contributed by atoms with Gasteiger partial charge in [0.15, 0.2) is 0 Å². The summed E-state index contributed by atoms with van der Waals surface area (Å²) in [5.41, 5.74) is 22.4. The zero-order valence-corrected chi connectivity index (χ0v) is 39.2. The zero-order chi connectivity index (χ0) is 46.6. The number of furan rings is 1. The molecule has 0 saturated heterocycles. The molecule has 0 N–H and O–H groups in total. The highest BCUT2D eigenvalue weighted by Gasteiger charge is 2.46. The van der Waals surface area contributed by atoms with Crippen LogP contribution in [0.2, 0.25) is 0 Å². The summed E-state index contributed by atoms with van der Waals surface area (Å²) in [5, 5.41) is 4.63.